The number of nitrogens with one attached hydrogen (secondary N) is 2. The third kappa shape index (κ3) is 7.98. The van der Waals surface area contributed by atoms with Crippen LogP contribution in [-0.2, 0) is 17.9 Å². The van der Waals surface area contributed by atoms with Gasteiger partial charge in [-0.25, -0.2) is 0 Å². The molecule has 1 fully saturated rings. The number of likely N-dealkylation sites (N-methyl/N-ethyl adjacent to an activating group) is 1. The molecule has 0 spiro atoms. The van der Waals surface area contributed by atoms with Crippen LogP contribution in [0.5, 0.6) is 5.75 Å². The second-order valence-corrected chi connectivity index (χ2v) is 7.89. The fourth-order valence-electron chi connectivity index (χ4n) is 3.40. The van der Waals surface area contributed by atoms with E-state index in [0.717, 1.165) is 48.0 Å². The number of hydrogen-bond acceptors (Lipinski definition) is 4. The fourth-order valence-corrected chi connectivity index (χ4v) is 3.40. The molecule has 1 aliphatic rings. The van der Waals surface area contributed by atoms with Gasteiger partial charge in [0.1, 0.15) is 12.4 Å². The summed E-state index contributed by atoms with van der Waals surface area (Å²) in [6.07, 6.45) is 1.59. The van der Waals surface area contributed by atoms with E-state index in [-0.39, 0.29) is 29.9 Å². The maximum absolute atomic E-state index is 11.9. The highest BCUT2D eigenvalue weighted by molar-refractivity contribution is 14.0. The van der Waals surface area contributed by atoms with Gasteiger partial charge in [-0.1, -0.05) is 24.3 Å². The van der Waals surface area contributed by atoms with Crippen LogP contribution in [0.15, 0.2) is 53.5 Å². The van der Waals surface area contributed by atoms with E-state index in [1.807, 2.05) is 49.3 Å². The van der Waals surface area contributed by atoms with Crippen molar-refractivity contribution in [2.75, 3.05) is 45.7 Å². The lowest BCUT2D eigenvalue weighted by Gasteiger charge is -2.16. The molecule has 2 aromatic carbocycles. The van der Waals surface area contributed by atoms with Crippen LogP contribution in [0.4, 0.5) is 5.69 Å². The summed E-state index contributed by atoms with van der Waals surface area (Å²) in [5.74, 6) is 1.82. The van der Waals surface area contributed by atoms with Crippen molar-refractivity contribution in [3.8, 4) is 5.75 Å². The van der Waals surface area contributed by atoms with Crippen molar-refractivity contribution in [3.05, 3.63) is 59.7 Å². The van der Waals surface area contributed by atoms with E-state index in [2.05, 4.69) is 38.7 Å². The molecule has 0 radical (unpaired) electrons. The van der Waals surface area contributed by atoms with Crippen LogP contribution in [0.3, 0.4) is 0 Å². The number of amides is 1. The molecular weight excluding hydrogens is 517 g/mol. The summed E-state index contributed by atoms with van der Waals surface area (Å²) in [5.41, 5.74) is 3.24. The Labute approximate surface area is 208 Å². The Bertz CT molecular complexity index is 886. The average Bonchev–Trinajstić information content (AvgIpc) is 3.20. The van der Waals surface area contributed by atoms with Crippen LogP contribution >= 0.6 is 24.0 Å². The normalized spacial score (nSPS) is 13.8. The van der Waals surface area contributed by atoms with Crippen molar-refractivity contribution in [1.82, 2.24) is 15.5 Å². The molecule has 1 heterocycles. The number of ether oxygens (including phenoxy) is 1. The number of rotatable bonds is 9. The quantitative estimate of drug-likeness (QED) is 0.285. The van der Waals surface area contributed by atoms with E-state index in [0.29, 0.717) is 26.1 Å². The largest absolute Gasteiger partial charge is 0.492 e. The third-order valence-corrected chi connectivity index (χ3v) is 5.17. The molecular formula is C24H34IN5O2. The molecule has 7 nitrogen and oxygen atoms in total. The minimum atomic E-state index is 0. The molecule has 2 aromatic rings. The Kier molecular flexibility index (Phi) is 10.8. The monoisotopic (exact) mass is 551 g/mol. The number of halogens is 1. The minimum absolute atomic E-state index is 0. The summed E-state index contributed by atoms with van der Waals surface area (Å²) in [4.78, 5) is 20.1. The summed E-state index contributed by atoms with van der Waals surface area (Å²) in [6.45, 7) is 3.67. The molecule has 0 aromatic heterocycles. The van der Waals surface area contributed by atoms with E-state index in [9.17, 15) is 4.79 Å². The molecule has 0 aliphatic carbocycles. The van der Waals surface area contributed by atoms with Gasteiger partial charge in [-0.05, 0) is 55.9 Å². The summed E-state index contributed by atoms with van der Waals surface area (Å²) in [7, 11) is 5.83. The van der Waals surface area contributed by atoms with E-state index < -0.39 is 0 Å². The summed E-state index contributed by atoms with van der Waals surface area (Å²) in [6, 6.07) is 16.2. The van der Waals surface area contributed by atoms with E-state index in [1.54, 1.807) is 7.05 Å². The van der Waals surface area contributed by atoms with Crippen LogP contribution in [0.2, 0.25) is 0 Å². The van der Waals surface area contributed by atoms with Crippen molar-refractivity contribution in [2.45, 2.75) is 25.9 Å². The minimum Gasteiger partial charge on any atom is -0.492 e. The highest BCUT2D eigenvalue weighted by Crippen LogP contribution is 2.21. The van der Waals surface area contributed by atoms with Gasteiger partial charge in [0.15, 0.2) is 5.96 Å². The van der Waals surface area contributed by atoms with Crippen LogP contribution in [0.25, 0.3) is 0 Å². The second kappa shape index (κ2) is 13.3. The maximum atomic E-state index is 11.9. The van der Waals surface area contributed by atoms with Crippen molar-refractivity contribution < 1.29 is 9.53 Å². The Hall–Kier alpha value is -2.33. The lowest BCUT2D eigenvalue weighted by atomic mass is 10.2. The summed E-state index contributed by atoms with van der Waals surface area (Å²) < 4.78 is 5.81. The first kappa shape index (κ1) is 25.9. The zero-order valence-corrected chi connectivity index (χ0v) is 21.5. The van der Waals surface area contributed by atoms with Gasteiger partial charge in [-0.15, -0.1) is 24.0 Å². The van der Waals surface area contributed by atoms with E-state index in [4.69, 9.17) is 4.74 Å². The number of hydrogen-bond donors (Lipinski definition) is 2. The van der Waals surface area contributed by atoms with Gasteiger partial charge in [0.2, 0.25) is 5.91 Å². The number of guanidine groups is 1. The molecule has 0 atom stereocenters. The molecule has 1 aliphatic heterocycles. The van der Waals surface area contributed by atoms with Crippen LogP contribution in [0, 0.1) is 0 Å². The smallest absolute Gasteiger partial charge is 0.227 e. The summed E-state index contributed by atoms with van der Waals surface area (Å²) >= 11 is 0. The van der Waals surface area contributed by atoms with Gasteiger partial charge >= 0.3 is 0 Å². The molecule has 8 heteroatoms. The van der Waals surface area contributed by atoms with Crippen molar-refractivity contribution in [3.63, 3.8) is 0 Å². The number of benzene rings is 2. The SMILES string of the molecule is CN=C(NCc1ccc(N2CCCC2=O)cc1)NCc1cccc(OCCN(C)C)c1.I. The lowest BCUT2D eigenvalue weighted by molar-refractivity contribution is -0.117. The third-order valence-electron chi connectivity index (χ3n) is 5.17. The van der Waals surface area contributed by atoms with Gasteiger partial charge < -0.3 is 25.2 Å². The number of aliphatic imine (C=N–C) groups is 1. The van der Waals surface area contributed by atoms with Gasteiger partial charge in [-0.3, -0.25) is 9.79 Å². The highest BCUT2D eigenvalue weighted by atomic mass is 127. The number of nitrogens with zero attached hydrogens (tertiary/aromatic N) is 3. The van der Waals surface area contributed by atoms with Gasteiger partial charge in [-0.2, -0.15) is 0 Å². The first-order valence-electron chi connectivity index (χ1n) is 10.8. The highest BCUT2D eigenvalue weighted by Gasteiger charge is 2.21. The predicted molar refractivity (Wildman–Crippen MR) is 141 cm³/mol. The zero-order chi connectivity index (χ0) is 22.1. The maximum Gasteiger partial charge on any atom is 0.227 e. The zero-order valence-electron chi connectivity index (χ0n) is 19.1. The molecule has 174 valence electrons. The molecule has 0 bridgehead atoms. The van der Waals surface area contributed by atoms with Crippen LogP contribution in [-0.4, -0.2) is 57.6 Å². The molecule has 32 heavy (non-hydrogen) atoms. The molecule has 1 saturated heterocycles. The average molecular weight is 551 g/mol. The topological polar surface area (TPSA) is 69.2 Å². The van der Waals surface area contributed by atoms with Crippen molar-refractivity contribution >= 4 is 41.5 Å². The standard InChI is InChI=1S/C24H33N5O2.HI/c1-25-24(27-18-20-6-4-7-22(16-20)31-15-14-28(2)3)26-17-19-9-11-21(12-10-19)29-13-5-8-23(29)30;/h4,6-7,9-12,16H,5,8,13-15,17-18H2,1-3H3,(H2,25,26,27);1H. The Morgan fingerprint density at radius 3 is 2.44 bits per heavy atom. The van der Waals surface area contributed by atoms with Gasteiger partial charge in [0.25, 0.3) is 0 Å². The Morgan fingerprint density at radius 1 is 1.09 bits per heavy atom. The van der Waals surface area contributed by atoms with Crippen LogP contribution in [0.1, 0.15) is 24.0 Å². The fraction of sp³-hybridized carbons (Fsp3) is 0.417. The van der Waals surface area contributed by atoms with E-state index >= 15 is 0 Å². The molecule has 2 N–H and O–H groups in total. The molecule has 0 unspecified atom stereocenters. The Balaban J connectivity index is 0.00000363. The summed E-state index contributed by atoms with van der Waals surface area (Å²) in [5, 5.41) is 6.68. The molecule has 3 rings (SSSR count). The van der Waals surface area contributed by atoms with E-state index in [1.165, 1.54) is 0 Å². The van der Waals surface area contributed by atoms with Crippen molar-refractivity contribution in [1.29, 1.82) is 0 Å². The predicted octanol–water partition coefficient (Wildman–Crippen LogP) is 3.24. The molecule has 1 amide bonds. The number of carbonyl (C=O) groups excluding carboxylic acids is 1. The Morgan fingerprint density at radius 2 is 1.81 bits per heavy atom. The van der Waals surface area contributed by atoms with Gasteiger partial charge in [0.05, 0.1) is 0 Å². The first-order chi connectivity index (χ1) is 15.0. The van der Waals surface area contributed by atoms with Gasteiger partial charge in [0, 0.05) is 45.3 Å². The van der Waals surface area contributed by atoms with Crippen LogP contribution < -0.4 is 20.3 Å². The van der Waals surface area contributed by atoms with Crippen molar-refractivity contribution in [2.24, 2.45) is 4.99 Å². The molecule has 0 saturated carbocycles. The number of anilines is 1. The second-order valence-electron chi connectivity index (χ2n) is 7.89. The number of carbonyl (C=O) groups is 1. The first-order valence-corrected chi connectivity index (χ1v) is 10.8. The lowest BCUT2D eigenvalue weighted by Crippen LogP contribution is -2.36.